The first-order valence-electron chi connectivity index (χ1n) is 8.41. The van der Waals surface area contributed by atoms with Crippen molar-refractivity contribution < 1.29 is 9.47 Å². The molecule has 24 heavy (non-hydrogen) atoms. The Labute approximate surface area is 147 Å². The van der Waals surface area contributed by atoms with Gasteiger partial charge in [0.25, 0.3) is 0 Å². The number of ether oxygens (including phenoxy) is 2. The number of rotatable bonds is 4. The van der Waals surface area contributed by atoms with Crippen molar-refractivity contribution in [2.24, 2.45) is 0 Å². The molecule has 1 N–H and O–H groups in total. The van der Waals surface area contributed by atoms with Crippen LogP contribution in [0.3, 0.4) is 0 Å². The zero-order valence-corrected chi connectivity index (χ0v) is 15.0. The minimum atomic E-state index is 0.322. The molecule has 2 aliphatic rings. The Morgan fingerprint density at radius 3 is 2.88 bits per heavy atom. The molecule has 1 aliphatic carbocycles. The average molecular weight is 341 g/mol. The summed E-state index contributed by atoms with van der Waals surface area (Å²) >= 11 is 1.85. The van der Waals surface area contributed by atoms with E-state index < -0.39 is 0 Å². The molecular weight excluding hydrogens is 318 g/mol. The Hall–Kier alpha value is -2.04. The van der Waals surface area contributed by atoms with Crippen LogP contribution in [0.25, 0.3) is 10.1 Å². The van der Waals surface area contributed by atoms with Crippen molar-refractivity contribution in [3.8, 4) is 0 Å². The van der Waals surface area contributed by atoms with E-state index in [2.05, 4.69) is 41.7 Å². The van der Waals surface area contributed by atoms with Gasteiger partial charge >= 0.3 is 0 Å². The zero-order valence-electron chi connectivity index (χ0n) is 14.2. The maximum absolute atomic E-state index is 5.62. The topological polar surface area (TPSA) is 30.5 Å². The van der Waals surface area contributed by atoms with Gasteiger partial charge in [0.15, 0.2) is 0 Å². The van der Waals surface area contributed by atoms with Gasteiger partial charge in [-0.25, -0.2) is 0 Å². The van der Waals surface area contributed by atoms with Gasteiger partial charge in [-0.05, 0) is 23.6 Å². The van der Waals surface area contributed by atoms with E-state index in [9.17, 15) is 0 Å². The number of nitrogens with one attached hydrogen (secondary N) is 1. The predicted octanol–water partition coefficient (Wildman–Crippen LogP) is 5.12. The maximum atomic E-state index is 5.62. The lowest BCUT2D eigenvalue weighted by Gasteiger charge is -2.21. The Bertz CT molecular complexity index is 753. The van der Waals surface area contributed by atoms with E-state index in [0.717, 1.165) is 31.0 Å². The van der Waals surface area contributed by atoms with Crippen molar-refractivity contribution in [3.05, 3.63) is 70.5 Å². The van der Waals surface area contributed by atoms with E-state index >= 15 is 0 Å². The first kappa shape index (κ1) is 16.8. The van der Waals surface area contributed by atoms with Gasteiger partial charge in [-0.3, -0.25) is 0 Å². The third-order valence-corrected chi connectivity index (χ3v) is 4.96. The van der Waals surface area contributed by atoms with Crippen molar-refractivity contribution in [3.63, 3.8) is 0 Å². The van der Waals surface area contributed by atoms with Crippen LogP contribution in [0.15, 0.2) is 65.7 Å². The summed E-state index contributed by atoms with van der Waals surface area (Å²) < 4.78 is 12.4. The molecule has 2 bridgehead atoms. The molecule has 3 nitrogen and oxygen atoms in total. The average Bonchev–Trinajstić information content (AvgIpc) is 2.99. The van der Waals surface area contributed by atoms with Crippen LogP contribution in [0, 0.1) is 0 Å². The largest absolute Gasteiger partial charge is 0.461 e. The molecule has 2 heterocycles. The highest BCUT2D eigenvalue weighted by Crippen LogP contribution is 2.27. The van der Waals surface area contributed by atoms with Gasteiger partial charge < -0.3 is 14.8 Å². The highest BCUT2D eigenvalue weighted by molar-refractivity contribution is 7.19. The van der Waals surface area contributed by atoms with Crippen LogP contribution in [0.2, 0.25) is 0 Å². The first-order valence-corrected chi connectivity index (χ1v) is 9.23. The van der Waals surface area contributed by atoms with Gasteiger partial charge in [0.1, 0.15) is 11.5 Å². The van der Waals surface area contributed by atoms with Gasteiger partial charge in [-0.15, -0.1) is 11.3 Å². The fourth-order valence-electron chi connectivity index (χ4n) is 2.72. The standard InChI is InChI=1S/C18H17NO2S.C2H6/c1-2-7-18-13(4-1)8-16(22-18)11-19-10-14-5-3-6-15-9-17(14)21-12-20-15;1-2/h1-8,19H,9-12H2;1-2H3. The summed E-state index contributed by atoms with van der Waals surface area (Å²) in [5.41, 5.74) is 1.20. The maximum Gasteiger partial charge on any atom is 0.229 e. The SMILES string of the molecule is C1=CC(CNCc2cc3ccccc3s2)=C2CC(=C1)OCO2.CC. The van der Waals surface area contributed by atoms with Crippen LogP contribution in [0.1, 0.15) is 25.1 Å². The summed E-state index contributed by atoms with van der Waals surface area (Å²) in [6.45, 7) is 6.00. The van der Waals surface area contributed by atoms with Gasteiger partial charge in [0.2, 0.25) is 6.79 Å². The molecule has 1 aromatic heterocycles. The van der Waals surface area contributed by atoms with Crippen LogP contribution < -0.4 is 5.32 Å². The summed E-state index contributed by atoms with van der Waals surface area (Å²) in [4.78, 5) is 1.36. The Morgan fingerprint density at radius 1 is 1.12 bits per heavy atom. The zero-order chi connectivity index (χ0) is 16.8. The normalized spacial score (nSPS) is 15.8. The molecule has 1 fully saturated rings. The number of thiophene rings is 1. The molecule has 0 amide bonds. The summed E-state index contributed by atoms with van der Waals surface area (Å²) in [6, 6.07) is 10.8. The summed E-state index contributed by atoms with van der Waals surface area (Å²) in [5, 5.41) is 4.84. The number of benzene rings is 1. The molecule has 0 unspecified atom stereocenters. The molecular formula is C20H23NO2S. The Balaban J connectivity index is 0.000000815. The van der Waals surface area contributed by atoms with Crippen molar-refractivity contribution in [2.75, 3.05) is 13.3 Å². The first-order chi connectivity index (χ1) is 11.9. The molecule has 4 heteroatoms. The quantitative estimate of drug-likeness (QED) is 0.837. The molecule has 0 radical (unpaired) electrons. The summed E-state index contributed by atoms with van der Waals surface area (Å²) in [6.07, 6.45) is 6.91. The van der Waals surface area contributed by atoms with E-state index in [4.69, 9.17) is 9.47 Å². The van der Waals surface area contributed by atoms with Crippen molar-refractivity contribution in [2.45, 2.75) is 26.8 Å². The van der Waals surface area contributed by atoms with E-state index in [1.165, 1.54) is 20.5 Å². The third-order valence-electron chi connectivity index (χ3n) is 3.84. The van der Waals surface area contributed by atoms with Crippen molar-refractivity contribution >= 4 is 21.4 Å². The summed E-state index contributed by atoms with van der Waals surface area (Å²) in [5.74, 6) is 2.01. The lowest BCUT2D eigenvalue weighted by molar-refractivity contribution is -0.0220. The minimum absolute atomic E-state index is 0.322. The van der Waals surface area contributed by atoms with Gasteiger partial charge in [-0.2, -0.15) is 0 Å². The van der Waals surface area contributed by atoms with Crippen molar-refractivity contribution in [1.82, 2.24) is 5.32 Å². The van der Waals surface area contributed by atoms with Crippen molar-refractivity contribution in [1.29, 1.82) is 0 Å². The molecule has 0 saturated carbocycles. The highest BCUT2D eigenvalue weighted by Gasteiger charge is 2.17. The molecule has 4 rings (SSSR count). The van der Waals surface area contributed by atoms with Gasteiger partial charge in [0.05, 0.1) is 6.42 Å². The second-order valence-electron chi connectivity index (χ2n) is 5.38. The fourth-order valence-corrected chi connectivity index (χ4v) is 3.75. The van der Waals surface area contributed by atoms with Crippen LogP contribution in [-0.2, 0) is 16.0 Å². The smallest absolute Gasteiger partial charge is 0.229 e. The fraction of sp³-hybridized carbons (Fsp3) is 0.300. The highest BCUT2D eigenvalue weighted by atomic mass is 32.1. The number of hydrogen-bond donors (Lipinski definition) is 1. The second-order valence-corrected chi connectivity index (χ2v) is 6.55. The van der Waals surface area contributed by atoms with Gasteiger partial charge in [0, 0.05) is 28.2 Å². The molecule has 0 atom stereocenters. The molecule has 1 saturated heterocycles. The van der Waals surface area contributed by atoms with E-state index in [0.29, 0.717) is 6.79 Å². The number of fused-ring (bicyclic) bond motifs is 3. The Morgan fingerprint density at radius 2 is 2.00 bits per heavy atom. The molecule has 2 aromatic rings. The molecule has 1 aromatic carbocycles. The van der Waals surface area contributed by atoms with Gasteiger partial charge in [-0.1, -0.05) is 44.2 Å². The lowest BCUT2D eigenvalue weighted by atomic mass is 10.1. The molecule has 0 spiro atoms. The lowest BCUT2D eigenvalue weighted by Crippen LogP contribution is -2.18. The van der Waals surface area contributed by atoms with E-state index in [1.807, 2.05) is 37.3 Å². The predicted molar refractivity (Wildman–Crippen MR) is 101 cm³/mol. The molecule has 1 aliphatic heterocycles. The minimum Gasteiger partial charge on any atom is -0.461 e. The number of hydrogen-bond acceptors (Lipinski definition) is 4. The Kier molecular flexibility index (Phi) is 5.72. The van der Waals surface area contributed by atoms with E-state index in [1.54, 1.807) is 0 Å². The number of allylic oxidation sites excluding steroid dienone is 2. The van der Waals surface area contributed by atoms with E-state index in [-0.39, 0.29) is 0 Å². The third kappa shape index (κ3) is 3.89. The monoisotopic (exact) mass is 341 g/mol. The van der Waals surface area contributed by atoms with Crippen LogP contribution in [0.5, 0.6) is 0 Å². The van der Waals surface area contributed by atoms with Crippen LogP contribution in [0.4, 0.5) is 0 Å². The van der Waals surface area contributed by atoms with Crippen LogP contribution >= 0.6 is 11.3 Å². The second kappa shape index (κ2) is 8.18. The summed E-state index contributed by atoms with van der Waals surface area (Å²) in [7, 11) is 0. The molecule has 126 valence electrons. The van der Waals surface area contributed by atoms with Crippen LogP contribution in [-0.4, -0.2) is 13.3 Å².